The Morgan fingerprint density at radius 2 is 2.27 bits per heavy atom. The lowest BCUT2D eigenvalue weighted by atomic mass is 10.1. The minimum atomic E-state index is 0.0498. The molecule has 1 saturated heterocycles. The van der Waals surface area contributed by atoms with Crippen molar-refractivity contribution in [2.75, 3.05) is 39.2 Å². The average molecular weight is 321 g/mol. The van der Waals surface area contributed by atoms with Gasteiger partial charge in [-0.3, -0.25) is 4.79 Å². The summed E-state index contributed by atoms with van der Waals surface area (Å²) in [5, 5.41) is 9.95. The Morgan fingerprint density at radius 1 is 1.55 bits per heavy atom. The number of morpholine rings is 1. The van der Waals surface area contributed by atoms with Crippen molar-refractivity contribution in [3.8, 4) is 6.07 Å². The number of carbonyl (C=O) groups is 1. The molecule has 7 heteroatoms. The van der Waals surface area contributed by atoms with E-state index in [1.54, 1.807) is 12.0 Å². The fourth-order valence-corrected chi connectivity index (χ4v) is 3.21. The van der Waals surface area contributed by atoms with Crippen LogP contribution in [-0.2, 0) is 20.9 Å². The van der Waals surface area contributed by atoms with E-state index in [9.17, 15) is 10.1 Å². The van der Waals surface area contributed by atoms with Crippen LogP contribution in [0.3, 0.4) is 0 Å². The molecule has 0 radical (unpaired) electrons. The molecule has 1 aromatic rings. The normalized spacial score (nSPS) is 14.7. The number of hydrogen-bond donors (Lipinski definition) is 0. The zero-order chi connectivity index (χ0) is 15.9. The number of carbonyl (C=O) groups excluding carboxylic acids is 1. The van der Waals surface area contributed by atoms with Gasteiger partial charge in [-0.1, -0.05) is 11.8 Å². The zero-order valence-electron chi connectivity index (χ0n) is 12.8. The molecule has 0 bridgehead atoms. The highest BCUT2D eigenvalue weighted by Gasteiger charge is 2.19. The third kappa shape index (κ3) is 4.19. The maximum Gasteiger partial charge on any atom is 0.233 e. The van der Waals surface area contributed by atoms with Crippen LogP contribution >= 0.6 is 11.8 Å². The Labute approximate surface area is 134 Å². The molecule has 1 aliphatic rings. The van der Waals surface area contributed by atoms with Crippen LogP contribution in [0, 0.1) is 18.3 Å². The summed E-state index contributed by atoms with van der Waals surface area (Å²) in [6, 6.07) is 4.01. The number of ether oxygens (including phenoxy) is 2. The molecule has 6 nitrogen and oxygen atoms in total. The van der Waals surface area contributed by atoms with Crippen LogP contribution in [0.25, 0.3) is 0 Å². The van der Waals surface area contributed by atoms with Crippen molar-refractivity contribution in [2.24, 2.45) is 0 Å². The third-order valence-electron chi connectivity index (χ3n) is 3.30. The maximum atomic E-state index is 12.2. The second-order valence-corrected chi connectivity index (χ2v) is 5.89. The molecule has 22 heavy (non-hydrogen) atoms. The van der Waals surface area contributed by atoms with Crippen LogP contribution in [0.5, 0.6) is 0 Å². The highest BCUT2D eigenvalue weighted by Crippen LogP contribution is 2.25. The first-order valence-corrected chi connectivity index (χ1v) is 8.02. The summed E-state index contributed by atoms with van der Waals surface area (Å²) in [6.45, 7) is 4.65. The van der Waals surface area contributed by atoms with Gasteiger partial charge in [-0.15, -0.1) is 0 Å². The van der Waals surface area contributed by atoms with E-state index >= 15 is 0 Å². The molecule has 0 spiro atoms. The van der Waals surface area contributed by atoms with Crippen LogP contribution in [0.15, 0.2) is 11.1 Å². The van der Waals surface area contributed by atoms with Crippen molar-refractivity contribution in [1.29, 1.82) is 5.26 Å². The Morgan fingerprint density at radius 3 is 2.91 bits per heavy atom. The van der Waals surface area contributed by atoms with E-state index in [0.717, 1.165) is 11.3 Å². The first kappa shape index (κ1) is 16.7. The van der Waals surface area contributed by atoms with E-state index in [1.165, 1.54) is 11.8 Å². The number of methoxy groups -OCH3 is 1. The molecule has 2 heterocycles. The minimum absolute atomic E-state index is 0.0498. The third-order valence-corrected chi connectivity index (χ3v) is 4.26. The number of nitrogens with zero attached hydrogens (tertiary/aromatic N) is 3. The van der Waals surface area contributed by atoms with Crippen molar-refractivity contribution in [3.05, 3.63) is 22.9 Å². The highest BCUT2D eigenvalue weighted by molar-refractivity contribution is 8.00. The number of thioether (sulfide) groups is 1. The van der Waals surface area contributed by atoms with E-state index in [-0.39, 0.29) is 11.7 Å². The van der Waals surface area contributed by atoms with E-state index in [4.69, 9.17) is 9.47 Å². The number of amides is 1. The second kappa shape index (κ2) is 8.13. The predicted octanol–water partition coefficient (Wildman–Crippen LogP) is 1.36. The van der Waals surface area contributed by atoms with Crippen LogP contribution in [0.4, 0.5) is 0 Å². The van der Waals surface area contributed by atoms with Gasteiger partial charge < -0.3 is 14.4 Å². The van der Waals surface area contributed by atoms with E-state index < -0.39 is 0 Å². The maximum absolute atomic E-state index is 12.2. The first-order valence-electron chi connectivity index (χ1n) is 7.03. The van der Waals surface area contributed by atoms with Gasteiger partial charge in [0.1, 0.15) is 11.1 Å². The standard InChI is InChI=1S/C15H19N3O3S/c1-11-7-12(9-20-2)13(8-16)15(17-11)22-10-14(19)18-3-5-21-6-4-18/h7H,3-6,9-10H2,1-2H3. The van der Waals surface area contributed by atoms with E-state index in [2.05, 4.69) is 11.1 Å². The highest BCUT2D eigenvalue weighted by atomic mass is 32.2. The van der Waals surface area contributed by atoms with Gasteiger partial charge in [0.25, 0.3) is 0 Å². The molecule has 118 valence electrons. The van der Waals surface area contributed by atoms with Gasteiger partial charge in [0.05, 0.1) is 31.1 Å². The van der Waals surface area contributed by atoms with Gasteiger partial charge in [-0.25, -0.2) is 4.98 Å². The summed E-state index contributed by atoms with van der Waals surface area (Å²) in [4.78, 5) is 18.4. The van der Waals surface area contributed by atoms with Gasteiger partial charge in [0, 0.05) is 25.9 Å². The van der Waals surface area contributed by atoms with Crippen molar-refractivity contribution < 1.29 is 14.3 Å². The topological polar surface area (TPSA) is 75.4 Å². The molecular formula is C15H19N3O3S. The Bertz CT molecular complexity index is 580. The molecule has 2 rings (SSSR count). The molecule has 0 saturated carbocycles. The first-order chi connectivity index (χ1) is 10.7. The smallest absolute Gasteiger partial charge is 0.233 e. The number of rotatable bonds is 5. The fourth-order valence-electron chi connectivity index (χ4n) is 2.24. The lowest BCUT2D eigenvalue weighted by Gasteiger charge is -2.26. The van der Waals surface area contributed by atoms with Gasteiger partial charge >= 0.3 is 0 Å². The van der Waals surface area contributed by atoms with Crippen molar-refractivity contribution in [3.63, 3.8) is 0 Å². The molecular weight excluding hydrogens is 302 g/mol. The molecule has 0 N–H and O–H groups in total. The van der Waals surface area contributed by atoms with Crippen LogP contribution in [-0.4, -0.2) is 55.0 Å². The molecule has 0 aromatic carbocycles. The minimum Gasteiger partial charge on any atom is -0.380 e. The predicted molar refractivity (Wildman–Crippen MR) is 82.5 cm³/mol. The van der Waals surface area contributed by atoms with Gasteiger partial charge in [-0.05, 0) is 18.6 Å². The average Bonchev–Trinajstić information content (AvgIpc) is 2.53. The SMILES string of the molecule is COCc1cc(C)nc(SCC(=O)N2CCOCC2)c1C#N. The van der Waals surface area contributed by atoms with Gasteiger partial charge in [0.2, 0.25) is 5.91 Å². The Balaban J connectivity index is 2.08. The molecule has 0 unspecified atom stereocenters. The molecule has 0 atom stereocenters. The van der Waals surface area contributed by atoms with E-state index in [1.807, 2.05) is 13.0 Å². The number of aromatic nitrogens is 1. The quantitative estimate of drug-likeness (QED) is 0.762. The second-order valence-electron chi connectivity index (χ2n) is 4.93. The summed E-state index contributed by atoms with van der Waals surface area (Å²) >= 11 is 1.31. The van der Waals surface area contributed by atoms with Crippen molar-refractivity contribution in [2.45, 2.75) is 18.6 Å². The molecule has 1 fully saturated rings. The summed E-state index contributed by atoms with van der Waals surface area (Å²) in [6.07, 6.45) is 0. The number of hydrogen-bond acceptors (Lipinski definition) is 6. The van der Waals surface area contributed by atoms with Crippen LogP contribution in [0.1, 0.15) is 16.8 Å². The number of aryl methyl sites for hydroxylation is 1. The van der Waals surface area contributed by atoms with Crippen LogP contribution in [0.2, 0.25) is 0 Å². The van der Waals surface area contributed by atoms with Crippen molar-refractivity contribution in [1.82, 2.24) is 9.88 Å². The molecule has 0 aliphatic carbocycles. The van der Waals surface area contributed by atoms with Crippen LogP contribution < -0.4 is 0 Å². The summed E-state index contributed by atoms with van der Waals surface area (Å²) in [5.41, 5.74) is 2.11. The number of pyridine rings is 1. The van der Waals surface area contributed by atoms with Gasteiger partial charge in [-0.2, -0.15) is 5.26 Å². The lowest BCUT2D eigenvalue weighted by Crippen LogP contribution is -2.41. The fraction of sp³-hybridized carbons (Fsp3) is 0.533. The van der Waals surface area contributed by atoms with E-state index in [0.29, 0.717) is 43.5 Å². The molecule has 1 aliphatic heterocycles. The molecule has 1 amide bonds. The van der Waals surface area contributed by atoms with Crippen molar-refractivity contribution >= 4 is 17.7 Å². The zero-order valence-corrected chi connectivity index (χ0v) is 13.6. The summed E-state index contributed by atoms with van der Waals surface area (Å²) < 4.78 is 10.4. The summed E-state index contributed by atoms with van der Waals surface area (Å²) in [5.74, 6) is 0.325. The monoisotopic (exact) mass is 321 g/mol. The number of nitriles is 1. The van der Waals surface area contributed by atoms with Gasteiger partial charge in [0.15, 0.2) is 0 Å². The largest absolute Gasteiger partial charge is 0.380 e. The Hall–Kier alpha value is -1.62. The summed E-state index contributed by atoms with van der Waals surface area (Å²) in [7, 11) is 1.59. The Kier molecular flexibility index (Phi) is 6.19. The lowest BCUT2D eigenvalue weighted by molar-refractivity contribution is -0.132. The molecule has 1 aromatic heterocycles.